The molecule has 0 aliphatic carbocycles. The van der Waals surface area contributed by atoms with Gasteiger partial charge in [0.05, 0.1) is 5.56 Å². The molecule has 0 aliphatic heterocycles. The van der Waals surface area contributed by atoms with Crippen molar-refractivity contribution in [1.82, 2.24) is 9.78 Å². The lowest BCUT2D eigenvalue weighted by Crippen LogP contribution is -1.93. The largest absolute Gasteiger partial charge is 0.294 e. The van der Waals surface area contributed by atoms with Crippen LogP contribution in [0.25, 0.3) is 0 Å². The Labute approximate surface area is 78.9 Å². The smallest absolute Gasteiger partial charge is 0.164 e. The van der Waals surface area contributed by atoms with Gasteiger partial charge in [-0.1, -0.05) is 0 Å². The molecule has 11 heavy (non-hydrogen) atoms. The fourth-order valence-electron chi connectivity index (χ4n) is 0.796. The third-order valence-corrected chi connectivity index (χ3v) is 2.22. The number of aryl methyl sites for hydroxylation is 1. The van der Waals surface area contributed by atoms with Gasteiger partial charge in [-0.05, 0) is 36.4 Å². The van der Waals surface area contributed by atoms with Crippen LogP contribution in [0.5, 0.6) is 0 Å². The van der Waals surface area contributed by atoms with Crippen LogP contribution in [0.15, 0.2) is 6.20 Å². The molecule has 0 N–H and O–H groups in total. The van der Waals surface area contributed by atoms with Crippen molar-refractivity contribution in [2.24, 2.45) is 0 Å². The molecule has 0 amide bonds. The minimum atomic E-state index is 0.0779. The second-order valence-electron chi connectivity index (χ2n) is 2.25. The zero-order valence-corrected chi connectivity index (χ0v) is 8.62. The molecule has 1 aromatic rings. The molecule has 4 heteroatoms. The van der Waals surface area contributed by atoms with Gasteiger partial charge in [0, 0.05) is 12.7 Å². The van der Waals surface area contributed by atoms with E-state index in [1.54, 1.807) is 17.8 Å². The molecule has 0 aromatic carbocycles. The molecular weight excluding hydrogens is 255 g/mol. The SMILES string of the molecule is CCn1cc(C(C)=O)c(I)n1. The Balaban J connectivity index is 3.07. The molecule has 0 radical (unpaired) electrons. The van der Waals surface area contributed by atoms with Crippen LogP contribution in [0.1, 0.15) is 24.2 Å². The maximum atomic E-state index is 10.9. The van der Waals surface area contributed by atoms with Crippen LogP contribution in [0.2, 0.25) is 0 Å². The minimum Gasteiger partial charge on any atom is -0.294 e. The molecular formula is C7H9IN2O. The third-order valence-electron chi connectivity index (χ3n) is 1.42. The monoisotopic (exact) mass is 264 g/mol. The highest BCUT2D eigenvalue weighted by Gasteiger charge is 2.08. The second-order valence-corrected chi connectivity index (χ2v) is 3.27. The van der Waals surface area contributed by atoms with Gasteiger partial charge >= 0.3 is 0 Å². The van der Waals surface area contributed by atoms with Crippen LogP contribution in [-0.4, -0.2) is 15.6 Å². The fraction of sp³-hybridized carbons (Fsp3) is 0.429. The van der Waals surface area contributed by atoms with E-state index in [9.17, 15) is 4.79 Å². The highest BCUT2D eigenvalue weighted by atomic mass is 127. The van der Waals surface area contributed by atoms with Gasteiger partial charge < -0.3 is 0 Å². The van der Waals surface area contributed by atoms with Gasteiger partial charge in [0.15, 0.2) is 5.78 Å². The molecule has 0 saturated heterocycles. The minimum absolute atomic E-state index is 0.0779. The molecule has 0 fully saturated rings. The average Bonchev–Trinajstić information content (AvgIpc) is 2.30. The normalized spacial score (nSPS) is 10.1. The Morgan fingerprint density at radius 1 is 1.82 bits per heavy atom. The third kappa shape index (κ3) is 1.79. The molecule has 60 valence electrons. The van der Waals surface area contributed by atoms with Crippen molar-refractivity contribution in [3.8, 4) is 0 Å². The summed E-state index contributed by atoms with van der Waals surface area (Å²) in [5.74, 6) is 0.0779. The fourth-order valence-corrected chi connectivity index (χ4v) is 1.59. The second kappa shape index (κ2) is 3.34. The van der Waals surface area contributed by atoms with Gasteiger partial charge in [-0.3, -0.25) is 9.48 Å². The van der Waals surface area contributed by atoms with Crippen LogP contribution in [0.3, 0.4) is 0 Å². The lowest BCUT2D eigenvalue weighted by Gasteiger charge is -1.89. The van der Waals surface area contributed by atoms with Crippen LogP contribution in [0.4, 0.5) is 0 Å². The zero-order valence-electron chi connectivity index (χ0n) is 6.47. The van der Waals surface area contributed by atoms with Crippen molar-refractivity contribution in [2.75, 3.05) is 0 Å². The number of aromatic nitrogens is 2. The number of carbonyl (C=O) groups excluding carboxylic acids is 1. The average molecular weight is 264 g/mol. The summed E-state index contributed by atoms with van der Waals surface area (Å²) >= 11 is 2.07. The van der Waals surface area contributed by atoms with Gasteiger partial charge in [-0.15, -0.1) is 0 Å². The van der Waals surface area contributed by atoms with Crippen molar-refractivity contribution < 1.29 is 4.79 Å². The van der Waals surface area contributed by atoms with E-state index in [1.165, 1.54) is 0 Å². The first-order chi connectivity index (χ1) is 5.15. The number of hydrogen-bond acceptors (Lipinski definition) is 2. The van der Waals surface area contributed by atoms with Crippen LogP contribution < -0.4 is 0 Å². The lowest BCUT2D eigenvalue weighted by molar-refractivity contribution is 0.101. The summed E-state index contributed by atoms with van der Waals surface area (Å²) in [5, 5.41) is 4.13. The summed E-state index contributed by atoms with van der Waals surface area (Å²) in [6, 6.07) is 0. The lowest BCUT2D eigenvalue weighted by atomic mass is 10.3. The van der Waals surface area contributed by atoms with Crippen molar-refractivity contribution in [3.63, 3.8) is 0 Å². The van der Waals surface area contributed by atoms with Gasteiger partial charge in [0.2, 0.25) is 0 Å². The summed E-state index contributed by atoms with van der Waals surface area (Å²) < 4.78 is 2.55. The maximum absolute atomic E-state index is 10.9. The van der Waals surface area contributed by atoms with E-state index in [0.29, 0.717) is 5.56 Å². The van der Waals surface area contributed by atoms with E-state index in [4.69, 9.17) is 0 Å². The molecule has 1 heterocycles. The van der Waals surface area contributed by atoms with Crippen molar-refractivity contribution >= 4 is 28.4 Å². The number of carbonyl (C=O) groups is 1. The van der Waals surface area contributed by atoms with Gasteiger partial charge in [0.25, 0.3) is 0 Å². The number of hydrogen-bond donors (Lipinski definition) is 0. The van der Waals surface area contributed by atoms with Crippen molar-refractivity contribution in [1.29, 1.82) is 0 Å². The van der Waals surface area contributed by atoms with E-state index >= 15 is 0 Å². The summed E-state index contributed by atoms with van der Waals surface area (Å²) in [4.78, 5) is 10.9. The van der Waals surface area contributed by atoms with Crippen LogP contribution >= 0.6 is 22.6 Å². The van der Waals surface area contributed by atoms with E-state index in [2.05, 4.69) is 27.7 Å². The summed E-state index contributed by atoms with van der Waals surface area (Å²) in [7, 11) is 0. The first-order valence-corrected chi connectivity index (χ1v) is 4.47. The number of Topliss-reactive ketones (excluding diaryl/α,β-unsaturated/α-hetero) is 1. The zero-order chi connectivity index (χ0) is 8.43. The molecule has 0 spiro atoms. The number of ketones is 1. The Bertz CT molecular complexity index is 280. The van der Waals surface area contributed by atoms with Gasteiger partial charge in [-0.25, -0.2) is 0 Å². The molecule has 1 rings (SSSR count). The Morgan fingerprint density at radius 3 is 2.73 bits per heavy atom. The number of rotatable bonds is 2. The summed E-state index contributed by atoms with van der Waals surface area (Å²) in [6.07, 6.45) is 1.78. The van der Waals surface area contributed by atoms with Crippen LogP contribution in [-0.2, 0) is 6.54 Å². The molecule has 0 bridgehead atoms. The number of halogens is 1. The van der Waals surface area contributed by atoms with Gasteiger partial charge in [-0.2, -0.15) is 5.10 Å². The van der Waals surface area contributed by atoms with Gasteiger partial charge in [0.1, 0.15) is 3.70 Å². The molecule has 0 saturated carbocycles. The Morgan fingerprint density at radius 2 is 2.45 bits per heavy atom. The van der Waals surface area contributed by atoms with Crippen LogP contribution in [0, 0.1) is 3.70 Å². The Kier molecular flexibility index (Phi) is 2.64. The summed E-state index contributed by atoms with van der Waals surface area (Å²) in [6.45, 7) is 4.36. The van der Waals surface area contributed by atoms with E-state index < -0.39 is 0 Å². The molecule has 0 unspecified atom stereocenters. The quantitative estimate of drug-likeness (QED) is 0.602. The molecule has 3 nitrogen and oxygen atoms in total. The first kappa shape index (κ1) is 8.70. The van der Waals surface area contributed by atoms with Crippen molar-refractivity contribution in [3.05, 3.63) is 15.5 Å². The summed E-state index contributed by atoms with van der Waals surface area (Å²) in [5.41, 5.74) is 0.715. The van der Waals surface area contributed by atoms with E-state index in [-0.39, 0.29) is 5.78 Å². The number of nitrogens with zero attached hydrogens (tertiary/aromatic N) is 2. The van der Waals surface area contributed by atoms with E-state index in [1.807, 2.05) is 6.92 Å². The maximum Gasteiger partial charge on any atom is 0.164 e. The molecule has 1 aromatic heterocycles. The predicted molar refractivity (Wildman–Crippen MR) is 50.6 cm³/mol. The highest BCUT2D eigenvalue weighted by Crippen LogP contribution is 2.09. The highest BCUT2D eigenvalue weighted by molar-refractivity contribution is 14.1. The molecule has 0 aliphatic rings. The first-order valence-electron chi connectivity index (χ1n) is 3.39. The molecule has 0 atom stereocenters. The van der Waals surface area contributed by atoms with Crippen molar-refractivity contribution in [2.45, 2.75) is 20.4 Å². The standard InChI is InChI=1S/C7H9IN2O/c1-3-10-4-6(5(2)11)7(8)9-10/h4H,3H2,1-2H3. The van der Waals surface area contributed by atoms with E-state index in [0.717, 1.165) is 10.2 Å². The topological polar surface area (TPSA) is 34.9 Å². The Hall–Kier alpha value is -0.390. The predicted octanol–water partition coefficient (Wildman–Crippen LogP) is 1.71.